The number of nitrogens with one attached hydrogen (secondary N) is 1. The molecule has 0 amide bonds. The highest BCUT2D eigenvalue weighted by Gasteiger charge is 2.17. The number of anilines is 2. The standard InChI is InChI=1S/C16H17N3O4S2/c1-5-23-14(20)13-8(2)17-15(25-13)19-16-18-9-6-10(21-3)11(22-4)7-12(9)24-16/h6-7H,5H2,1-4H3,(H,17,18,19). The molecule has 0 atom stereocenters. The highest BCUT2D eigenvalue weighted by molar-refractivity contribution is 7.23. The molecule has 0 spiro atoms. The molecule has 0 saturated heterocycles. The van der Waals surface area contributed by atoms with Crippen molar-refractivity contribution in [3.63, 3.8) is 0 Å². The average molecular weight is 379 g/mol. The number of benzene rings is 1. The highest BCUT2D eigenvalue weighted by Crippen LogP contribution is 2.37. The zero-order valence-corrected chi connectivity index (χ0v) is 15.8. The van der Waals surface area contributed by atoms with Crippen LogP contribution in [0.4, 0.5) is 10.3 Å². The fourth-order valence-electron chi connectivity index (χ4n) is 2.24. The van der Waals surface area contributed by atoms with Gasteiger partial charge in [0.1, 0.15) is 4.88 Å². The second-order valence-electron chi connectivity index (χ2n) is 4.97. The van der Waals surface area contributed by atoms with Gasteiger partial charge < -0.3 is 19.5 Å². The van der Waals surface area contributed by atoms with Crippen LogP contribution in [0.2, 0.25) is 0 Å². The van der Waals surface area contributed by atoms with E-state index in [0.29, 0.717) is 38.9 Å². The van der Waals surface area contributed by atoms with Crippen LogP contribution < -0.4 is 14.8 Å². The maximum atomic E-state index is 11.9. The molecule has 0 aliphatic carbocycles. The smallest absolute Gasteiger partial charge is 0.350 e. The molecular formula is C16H17N3O4S2. The molecule has 0 fully saturated rings. The highest BCUT2D eigenvalue weighted by atomic mass is 32.1. The molecule has 3 aromatic rings. The van der Waals surface area contributed by atoms with Crippen molar-refractivity contribution in [2.24, 2.45) is 0 Å². The summed E-state index contributed by atoms with van der Waals surface area (Å²) in [6.45, 7) is 3.89. The first-order valence-electron chi connectivity index (χ1n) is 7.49. The SMILES string of the molecule is CCOC(=O)c1sc(Nc2nc3cc(OC)c(OC)cc3s2)nc1C. The molecule has 0 saturated carbocycles. The molecule has 3 rings (SSSR count). The summed E-state index contributed by atoms with van der Waals surface area (Å²) in [6, 6.07) is 3.71. The summed E-state index contributed by atoms with van der Waals surface area (Å²) in [5, 5.41) is 4.42. The summed E-state index contributed by atoms with van der Waals surface area (Å²) in [4.78, 5) is 21.3. The Labute approximate surface area is 152 Å². The molecule has 7 nitrogen and oxygen atoms in total. The van der Waals surface area contributed by atoms with E-state index in [4.69, 9.17) is 14.2 Å². The molecule has 0 bridgehead atoms. The predicted molar refractivity (Wildman–Crippen MR) is 98.8 cm³/mol. The lowest BCUT2D eigenvalue weighted by Crippen LogP contribution is -2.03. The molecule has 0 aliphatic rings. The van der Waals surface area contributed by atoms with Crippen LogP contribution in [0.1, 0.15) is 22.3 Å². The number of fused-ring (bicyclic) bond motifs is 1. The van der Waals surface area contributed by atoms with Gasteiger partial charge in [-0.15, -0.1) is 0 Å². The Morgan fingerprint density at radius 2 is 1.80 bits per heavy atom. The summed E-state index contributed by atoms with van der Waals surface area (Å²) in [6.07, 6.45) is 0. The molecule has 1 N–H and O–H groups in total. The average Bonchev–Trinajstić information content (AvgIpc) is 3.15. The van der Waals surface area contributed by atoms with Crippen LogP contribution in [-0.2, 0) is 4.74 Å². The number of hydrogen-bond donors (Lipinski definition) is 1. The van der Waals surface area contributed by atoms with Gasteiger partial charge in [-0.2, -0.15) is 0 Å². The van der Waals surface area contributed by atoms with Crippen molar-refractivity contribution in [3.05, 3.63) is 22.7 Å². The Bertz CT molecular complexity index is 879. The number of carbonyl (C=O) groups is 1. The van der Waals surface area contributed by atoms with E-state index in [2.05, 4.69) is 15.3 Å². The predicted octanol–water partition coefficient (Wildman–Crippen LogP) is 4.00. The van der Waals surface area contributed by atoms with Crippen LogP contribution in [0.3, 0.4) is 0 Å². The van der Waals surface area contributed by atoms with Crippen molar-refractivity contribution >= 4 is 49.1 Å². The van der Waals surface area contributed by atoms with Crippen LogP contribution in [0.25, 0.3) is 10.2 Å². The Balaban J connectivity index is 1.88. The number of aromatic nitrogens is 2. The number of methoxy groups -OCH3 is 2. The monoisotopic (exact) mass is 379 g/mol. The van der Waals surface area contributed by atoms with Gasteiger partial charge in [0.15, 0.2) is 21.8 Å². The molecule has 132 valence electrons. The lowest BCUT2D eigenvalue weighted by molar-refractivity contribution is 0.0531. The topological polar surface area (TPSA) is 82.6 Å². The second-order valence-corrected chi connectivity index (χ2v) is 7.00. The maximum Gasteiger partial charge on any atom is 0.350 e. The van der Waals surface area contributed by atoms with Crippen LogP contribution in [0.15, 0.2) is 12.1 Å². The number of aryl methyl sites for hydroxylation is 1. The first-order valence-corrected chi connectivity index (χ1v) is 9.13. The zero-order valence-electron chi connectivity index (χ0n) is 14.2. The summed E-state index contributed by atoms with van der Waals surface area (Å²) < 4.78 is 16.6. The van der Waals surface area contributed by atoms with Crippen molar-refractivity contribution in [2.45, 2.75) is 13.8 Å². The van der Waals surface area contributed by atoms with Crippen molar-refractivity contribution in [2.75, 3.05) is 26.1 Å². The summed E-state index contributed by atoms with van der Waals surface area (Å²) in [5.41, 5.74) is 1.43. The quantitative estimate of drug-likeness (QED) is 0.648. The summed E-state index contributed by atoms with van der Waals surface area (Å²) in [7, 11) is 3.18. The third kappa shape index (κ3) is 3.52. The maximum absolute atomic E-state index is 11.9. The van der Waals surface area contributed by atoms with Crippen LogP contribution >= 0.6 is 22.7 Å². The van der Waals surface area contributed by atoms with Gasteiger partial charge in [0, 0.05) is 12.1 Å². The minimum Gasteiger partial charge on any atom is -0.493 e. The van der Waals surface area contributed by atoms with Gasteiger partial charge >= 0.3 is 5.97 Å². The Morgan fingerprint density at radius 3 is 2.48 bits per heavy atom. The molecule has 0 unspecified atom stereocenters. The molecule has 2 heterocycles. The van der Waals surface area contributed by atoms with Gasteiger partial charge in [-0.3, -0.25) is 0 Å². The summed E-state index contributed by atoms with van der Waals surface area (Å²) in [5.74, 6) is 0.922. The van der Waals surface area contributed by atoms with Crippen molar-refractivity contribution in [1.82, 2.24) is 9.97 Å². The molecule has 2 aromatic heterocycles. The number of thiazole rings is 2. The van der Waals surface area contributed by atoms with E-state index >= 15 is 0 Å². The van der Waals surface area contributed by atoms with Gasteiger partial charge in [-0.05, 0) is 13.8 Å². The summed E-state index contributed by atoms with van der Waals surface area (Å²) >= 11 is 2.72. The third-order valence-electron chi connectivity index (χ3n) is 3.37. The van der Waals surface area contributed by atoms with E-state index in [1.807, 2.05) is 12.1 Å². The lowest BCUT2D eigenvalue weighted by Gasteiger charge is -2.05. The number of hydrogen-bond acceptors (Lipinski definition) is 9. The Hall–Kier alpha value is -2.39. The fraction of sp³-hybridized carbons (Fsp3) is 0.312. The molecule has 25 heavy (non-hydrogen) atoms. The van der Waals surface area contributed by atoms with Crippen molar-refractivity contribution in [1.29, 1.82) is 0 Å². The van der Waals surface area contributed by atoms with E-state index < -0.39 is 0 Å². The van der Waals surface area contributed by atoms with Gasteiger partial charge in [0.05, 0.1) is 36.7 Å². The van der Waals surface area contributed by atoms with E-state index in [9.17, 15) is 4.79 Å². The number of esters is 1. The van der Waals surface area contributed by atoms with Crippen molar-refractivity contribution < 1.29 is 19.0 Å². The van der Waals surface area contributed by atoms with Gasteiger partial charge in [0.25, 0.3) is 0 Å². The lowest BCUT2D eigenvalue weighted by atomic mass is 10.3. The zero-order chi connectivity index (χ0) is 18.0. The Kier molecular flexibility index (Phi) is 5.05. The number of ether oxygens (including phenoxy) is 3. The van der Waals surface area contributed by atoms with Gasteiger partial charge in [0.2, 0.25) is 0 Å². The van der Waals surface area contributed by atoms with E-state index in [1.165, 1.54) is 22.7 Å². The third-order valence-corrected chi connectivity index (χ3v) is 5.35. The molecule has 0 radical (unpaired) electrons. The van der Waals surface area contributed by atoms with Crippen LogP contribution in [0.5, 0.6) is 11.5 Å². The first-order chi connectivity index (χ1) is 12.0. The van der Waals surface area contributed by atoms with E-state index in [1.54, 1.807) is 28.1 Å². The van der Waals surface area contributed by atoms with Crippen LogP contribution in [-0.4, -0.2) is 36.8 Å². The fourth-order valence-corrected chi connectivity index (χ4v) is 4.03. The minimum atomic E-state index is -0.357. The normalized spacial score (nSPS) is 10.7. The molecule has 1 aromatic carbocycles. The first kappa shape index (κ1) is 17.4. The van der Waals surface area contributed by atoms with Crippen molar-refractivity contribution in [3.8, 4) is 11.5 Å². The van der Waals surface area contributed by atoms with Gasteiger partial charge in [-0.1, -0.05) is 22.7 Å². The van der Waals surface area contributed by atoms with E-state index in [-0.39, 0.29) is 5.97 Å². The van der Waals surface area contributed by atoms with Crippen LogP contribution in [0, 0.1) is 6.92 Å². The van der Waals surface area contributed by atoms with E-state index in [0.717, 1.165) is 10.2 Å². The second kappa shape index (κ2) is 7.24. The molecule has 0 aliphatic heterocycles. The number of nitrogens with zero attached hydrogens (tertiary/aromatic N) is 2. The molecule has 9 heteroatoms. The van der Waals surface area contributed by atoms with Gasteiger partial charge in [-0.25, -0.2) is 14.8 Å². The number of rotatable bonds is 6. The minimum absolute atomic E-state index is 0.334. The number of carbonyl (C=O) groups excluding carboxylic acids is 1. The largest absolute Gasteiger partial charge is 0.493 e. The molecular weight excluding hydrogens is 362 g/mol. The Morgan fingerprint density at radius 1 is 1.12 bits per heavy atom.